The molecule has 1 amide bonds. The molecule has 1 rings (SSSR count). The van der Waals surface area contributed by atoms with Gasteiger partial charge in [0.05, 0.1) is 0 Å². The Morgan fingerprint density at radius 3 is 2.73 bits per heavy atom. The number of carbonyl (C=O) groups is 1. The Hall–Kier alpha value is -0.730. The molecule has 1 aromatic rings. The van der Waals surface area contributed by atoms with Crippen LogP contribution in [0, 0.1) is 0 Å². The van der Waals surface area contributed by atoms with Crippen LogP contribution < -0.4 is 5.32 Å². The van der Waals surface area contributed by atoms with Crippen LogP contribution in [0.4, 0.5) is 0 Å². The maximum absolute atomic E-state index is 11.0. The average molecular weight is 246 g/mol. The lowest BCUT2D eigenvalue weighted by Gasteiger charge is -2.05. The molecular formula is C11H13Cl2NO. The van der Waals surface area contributed by atoms with Crippen molar-refractivity contribution in [2.45, 2.75) is 19.8 Å². The van der Waals surface area contributed by atoms with Gasteiger partial charge in [0, 0.05) is 23.0 Å². The van der Waals surface area contributed by atoms with Crippen molar-refractivity contribution in [2.75, 3.05) is 6.54 Å². The van der Waals surface area contributed by atoms with Crippen LogP contribution in [0.25, 0.3) is 0 Å². The Bertz CT molecular complexity index is 352. The van der Waals surface area contributed by atoms with Crippen LogP contribution in [0.5, 0.6) is 0 Å². The number of carbonyl (C=O) groups excluding carboxylic acids is 1. The Kier molecular flexibility index (Phi) is 4.92. The number of amides is 1. The molecule has 0 radical (unpaired) electrons. The van der Waals surface area contributed by atoms with Gasteiger partial charge in [0.1, 0.15) is 0 Å². The summed E-state index contributed by atoms with van der Waals surface area (Å²) in [6, 6.07) is 5.38. The summed E-state index contributed by atoms with van der Waals surface area (Å²) in [5.74, 6) is 0.0556. The van der Waals surface area contributed by atoms with Gasteiger partial charge in [-0.05, 0) is 24.1 Å². The summed E-state index contributed by atoms with van der Waals surface area (Å²) >= 11 is 11.8. The molecule has 0 aromatic heterocycles. The van der Waals surface area contributed by atoms with E-state index in [-0.39, 0.29) is 5.91 Å². The Morgan fingerprint density at radius 2 is 2.13 bits per heavy atom. The number of halogens is 2. The minimum Gasteiger partial charge on any atom is -0.356 e. The molecule has 0 saturated carbocycles. The molecule has 0 atom stereocenters. The topological polar surface area (TPSA) is 29.1 Å². The summed E-state index contributed by atoms with van der Waals surface area (Å²) in [7, 11) is 0. The molecule has 82 valence electrons. The van der Waals surface area contributed by atoms with Gasteiger partial charge in [-0.1, -0.05) is 36.2 Å². The highest BCUT2D eigenvalue weighted by atomic mass is 35.5. The third-order valence-corrected chi connectivity index (χ3v) is 2.64. The molecule has 0 fully saturated rings. The van der Waals surface area contributed by atoms with E-state index in [1.807, 2.05) is 13.0 Å². The number of rotatable bonds is 4. The van der Waals surface area contributed by atoms with E-state index in [1.54, 1.807) is 12.1 Å². The molecule has 0 unspecified atom stereocenters. The van der Waals surface area contributed by atoms with Gasteiger partial charge in [-0.3, -0.25) is 4.79 Å². The highest BCUT2D eigenvalue weighted by Gasteiger charge is 2.02. The van der Waals surface area contributed by atoms with Gasteiger partial charge in [-0.25, -0.2) is 0 Å². The van der Waals surface area contributed by atoms with Crippen LogP contribution in [0.1, 0.15) is 18.9 Å². The van der Waals surface area contributed by atoms with Crippen LogP contribution in [0.15, 0.2) is 18.2 Å². The Labute approximate surface area is 99.6 Å². The zero-order valence-electron chi connectivity index (χ0n) is 8.52. The van der Waals surface area contributed by atoms with Gasteiger partial charge in [-0.15, -0.1) is 0 Å². The van der Waals surface area contributed by atoms with Gasteiger partial charge >= 0.3 is 0 Å². The fraction of sp³-hybridized carbons (Fsp3) is 0.364. The van der Waals surface area contributed by atoms with Crippen LogP contribution in [0.2, 0.25) is 10.0 Å². The van der Waals surface area contributed by atoms with Crippen molar-refractivity contribution in [3.05, 3.63) is 33.8 Å². The molecule has 0 saturated heterocycles. The second kappa shape index (κ2) is 5.99. The number of benzene rings is 1. The molecule has 0 aliphatic rings. The highest BCUT2D eigenvalue weighted by Crippen LogP contribution is 2.20. The van der Waals surface area contributed by atoms with Crippen molar-refractivity contribution in [2.24, 2.45) is 0 Å². The third-order valence-electron chi connectivity index (χ3n) is 2.05. The second-order valence-electron chi connectivity index (χ2n) is 3.19. The molecule has 0 bridgehead atoms. The minimum atomic E-state index is 0.0556. The summed E-state index contributed by atoms with van der Waals surface area (Å²) in [6.45, 7) is 2.43. The first kappa shape index (κ1) is 12.3. The van der Waals surface area contributed by atoms with Gasteiger partial charge in [0.15, 0.2) is 0 Å². The van der Waals surface area contributed by atoms with Crippen molar-refractivity contribution in [3.63, 3.8) is 0 Å². The molecule has 0 spiro atoms. The average Bonchev–Trinajstić information content (AvgIpc) is 2.21. The van der Waals surface area contributed by atoms with Crippen LogP contribution >= 0.6 is 23.2 Å². The second-order valence-corrected chi connectivity index (χ2v) is 4.03. The number of hydrogen-bond donors (Lipinski definition) is 1. The maximum atomic E-state index is 11.0. The summed E-state index contributed by atoms with van der Waals surface area (Å²) in [5.41, 5.74) is 0.998. The van der Waals surface area contributed by atoms with E-state index < -0.39 is 0 Å². The van der Waals surface area contributed by atoms with Gasteiger partial charge in [-0.2, -0.15) is 0 Å². The predicted molar refractivity (Wildman–Crippen MR) is 63.5 cm³/mol. The summed E-state index contributed by atoms with van der Waals surface area (Å²) < 4.78 is 0. The molecule has 0 aliphatic carbocycles. The first-order valence-electron chi connectivity index (χ1n) is 4.84. The van der Waals surface area contributed by atoms with E-state index in [0.717, 1.165) is 12.0 Å². The fourth-order valence-electron chi connectivity index (χ4n) is 1.19. The van der Waals surface area contributed by atoms with Gasteiger partial charge in [0.25, 0.3) is 0 Å². The van der Waals surface area contributed by atoms with Crippen molar-refractivity contribution in [1.82, 2.24) is 5.32 Å². The van der Waals surface area contributed by atoms with Crippen molar-refractivity contribution in [3.8, 4) is 0 Å². The summed E-state index contributed by atoms with van der Waals surface area (Å²) in [5, 5.41) is 4.06. The first-order chi connectivity index (χ1) is 7.13. The lowest BCUT2D eigenvalue weighted by Crippen LogP contribution is -2.24. The van der Waals surface area contributed by atoms with Gasteiger partial charge in [0.2, 0.25) is 5.91 Å². The molecular weight excluding hydrogens is 233 g/mol. The summed E-state index contributed by atoms with van der Waals surface area (Å²) in [4.78, 5) is 11.0. The van der Waals surface area contributed by atoms with Crippen molar-refractivity contribution < 1.29 is 4.79 Å². The lowest BCUT2D eigenvalue weighted by molar-refractivity contribution is -0.120. The fourth-order valence-corrected chi connectivity index (χ4v) is 1.69. The predicted octanol–water partition coefficient (Wildman–Crippen LogP) is 3.06. The van der Waals surface area contributed by atoms with E-state index in [4.69, 9.17) is 23.2 Å². The van der Waals surface area contributed by atoms with E-state index in [9.17, 15) is 4.79 Å². The smallest absolute Gasteiger partial charge is 0.219 e. The van der Waals surface area contributed by atoms with Crippen LogP contribution in [-0.4, -0.2) is 12.5 Å². The van der Waals surface area contributed by atoms with E-state index in [1.165, 1.54) is 0 Å². The quantitative estimate of drug-likeness (QED) is 0.869. The largest absolute Gasteiger partial charge is 0.356 e. The molecule has 2 nitrogen and oxygen atoms in total. The molecule has 4 heteroatoms. The van der Waals surface area contributed by atoms with E-state index in [0.29, 0.717) is 23.0 Å². The highest BCUT2D eigenvalue weighted by molar-refractivity contribution is 6.35. The number of nitrogens with one attached hydrogen (secondary N) is 1. The summed E-state index contributed by atoms with van der Waals surface area (Å²) in [6.07, 6.45) is 1.23. The molecule has 1 N–H and O–H groups in total. The maximum Gasteiger partial charge on any atom is 0.219 e. The van der Waals surface area contributed by atoms with Gasteiger partial charge < -0.3 is 5.32 Å². The number of hydrogen-bond acceptors (Lipinski definition) is 1. The first-order valence-corrected chi connectivity index (χ1v) is 5.59. The lowest BCUT2D eigenvalue weighted by atomic mass is 10.1. The van der Waals surface area contributed by atoms with Crippen LogP contribution in [0.3, 0.4) is 0 Å². The normalized spacial score (nSPS) is 10.1. The zero-order valence-corrected chi connectivity index (χ0v) is 10.0. The van der Waals surface area contributed by atoms with E-state index in [2.05, 4.69) is 5.32 Å². The van der Waals surface area contributed by atoms with Crippen LogP contribution in [-0.2, 0) is 11.2 Å². The van der Waals surface area contributed by atoms with Crippen molar-refractivity contribution >= 4 is 29.1 Å². The molecule has 1 aromatic carbocycles. The SMILES string of the molecule is CCC(=O)NCCc1ccc(Cl)cc1Cl. The Balaban J connectivity index is 2.47. The molecule has 0 heterocycles. The monoisotopic (exact) mass is 245 g/mol. The standard InChI is InChI=1S/C11H13Cl2NO/c1-2-11(15)14-6-5-8-3-4-9(12)7-10(8)13/h3-4,7H,2,5-6H2,1H3,(H,14,15). The van der Waals surface area contributed by atoms with Crippen molar-refractivity contribution in [1.29, 1.82) is 0 Å². The third kappa shape index (κ3) is 4.10. The minimum absolute atomic E-state index is 0.0556. The Morgan fingerprint density at radius 1 is 1.40 bits per heavy atom. The zero-order chi connectivity index (χ0) is 11.3. The molecule has 0 aliphatic heterocycles. The molecule has 15 heavy (non-hydrogen) atoms. The van der Waals surface area contributed by atoms with E-state index >= 15 is 0 Å².